The maximum Gasteiger partial charge on any atom is 0.317 e. The Morgan fingerprint density at radius 2 is 1.80 bits per heavy atom. The molecule has 2 N–H and O–H groups in total. The summed E-state index contributed by atoms with van der Waals surface area (Å²) in [5, 5.41) is 5.90. The molecule has 1 saturated carbocycles. The lowest BCUT2D eigenvalue weighted by Crippen LogP contribution is -2.47. The molecular formula is C19H28N4O2. The van der Waals surface area contributed by atoms with E-state index in [0.717, 1.165) is 32.2 Å². The number of rotatable bonds is 2. The van der Waals surface area contributed by atoms with E-state index in [1.807, 2.05) is 17.0 Å². The normalized spacial score (nSPS) is 23.4. The fraction of sp³-hybridized carbons (Fsp3) is 0.579. The summed E-state index contributed by atoms with van der Waals surface area (Å²) in [4.78, 5) is 28.5. The molecular weight excluding hydrogens is 316 g/mol. The van der Waals surface area contributed by atoms with Crippen molar-refractivity contribution in [3.05, 3.63) is 29.8 Å². The van der Waals surface area contributed by atoms with Crippen LogP contribution < -0.4 is 15.5 Å². The molecule has 25 heavy (non-hydrogen) atoms. The SMILES string of the molecule is CNC(=O)C1CCC(NC(=O)N2CCN(C)c3ccccc3C2)CC1. The van der Waals surface area contributed by atoms with Gasteiger partial charge < -0.3 is 20.4 Å². The van der Waals surface area contributed by atoms with Crippen molar-refractivity contribution in [2.24, 2.45) is 5.92 Å². The number of hydrogen-bond donors (Lipinski definition) is 2. The number of nitrogens with zero attached hydrogens (tertiary/aromatic N) is 2. The first-order chi connectivity index (χ1) is 12.1. The average Bonchev–Trinajstić information content (AvgIpc) is 2.81. The van der Waals surface area contributed by atoms with Gasteiger partial charge in [0.1, 0.15) is 0 Å². The first-order valence-electron chi connectivity index (χ1n) is 9.14. The summed E-state index contributed by atoms with van der Waals surface area (Å²) >= 11 is 0. The van der Waals surface area contributed by atoms with Crippen LogP contribution in [0.15, 0.2) is 24.3 Å². The number of nitrogens with one attached hydrogen (secondary N) is 2. The smallest absolute Gasteiger partial charge is 0.317 e. The van der Waals surface area contributed by atoms with Gasteiger partial charge in [-0.05, 0) is 37.3 Å². The molecule has 1 aromatic rings. The van der Waals surface area contributed by atoms with E-state index in [1.54, 1.807) is 7.05 Å². The van der Waals surface area contributed by atoms with E-state index < -0.39 is 0 Å². The number of urea groups is 1. The zero-order chi connectivity index (χ0) is 17.8. The largest absolute Gasteiger partial charge is 0.373 e. The van der Waals surface area contributed by atoms with Crippen LogP contribution >= 0.6 is 0 Å². The predicted octanol–water partition coefficient (Wildman–Crippen LogP) is 1.95. The van der Waals surface area contributed by atoms with Gasteiger partial charge in [-0.2, -0.15) is 0 Å². The average molecular weight is 344 g/mol. The van der Waals surface area contributed by atoms with Crippen LogP contribution in [-0.2, 0) is 11.3 Å². The van der Waals surface area contributed by atoms with Crippen LogP contribution in [0.4, 0.5) is 10.5 Å². The number of fused-ring (bicyclic) bond motifs is 1. The monoisotopic (exact) mass is 344 g/mol. The fourth-order valence-corrected chi connectivity index (χ4v) is 3.84. The van der Waals surface area contributed by atoms with E-state index in [0.29, 0.717) is 13.1 Å². The maximum atomic E-state index is 12.7. The summed E-state index contributed by atoms with van der Waals surface area (Å²) in [5.74, 6) is 0.216. The van der Waals surface area contributed by atoms with E-state index in [2.05, 4.69) is 34.7 Å². The van der Waals surface area contributed by atoms with Gasteiger partial charge in [-0.1, -0.05) is 18.2 Å². The molecule has 0 spiro atoms. The Kier molecular flexibility index (Phi) is 5.46. The number of anilines is 1. The number of likely N-dealkylation sites (N-methyl/N-ethyl adjacent to an activating group) is 1. The highest BCUT2D eigenvalue weighted by Crippen LogP contribution is 2.26. The van der Waals surface area contributed by atoms with Gasteiger partial charge in [0.15, 0.2) is 0 Å². The minimum atomic E-state index is 0.00787. The molecule has 3 rings (SSSR count). The van der Waals surface area contributed by atoms with Crippen molar-refractivity contribution in [3.63, 3.8) is 0 Å². The predicted molar refractivity (Wildman–Crippen MR) is 98.5 cm³/mol. The summed E-state index contributed by atoms with van der Waals surface area (Å²) < 4.78 is 0. The molecule has 3 amide bonds. The van der Waals surface area contributed by atoms with Crippen LogP contribution in [0.3, 0.4) is 0 Å². The van der Waals surface area contributed by atoms with Gasteiger partial charge in [0, 0.05) is 51.4 Å². The second-order valence-electron chi connectivity index (χ2n) is 7.08. The van der Waals surface area contributed by atoms with Crippen molar-refractivity contribution in [1.82, 2.24) is 15.5 Å². The summed E-state index contributed by atoms with van der Waals surface area (Å²) in [6, 6.07) is 8.44. The molecule has 0 saturated heterocycles. The van der Waals surface area contributed by atoms with Crippen LogP contribution in [0.1, 0.15) is 31.2 Å². The van der Waals surface area contributed by atoms with Gasteiger partial charge in [-0.25, -0.2) is 4.79 Å². The molecule has 0 aromatic heterocycles. The number of para-hydroxylation sites is 1. The van der Waals surface area contributed by atoms with Crippen molar-refractivity contribution >= 4 is 17.6 Å². The second kappa shape index (κ2) is 7.76. The Hall–Kier alpha value is -2.24. The molecule has 0 radical (unpaired) electrons. The lowest BCUT2D eigenvalue weighted by atomic mass is 9.85. The lowest BCUT2D eigenvalue weighted by molar-refractivity contribution is -0.125. The number of amides is 3. The molecule has 0 atom stereocenters. The third kappa shape index (κ3) is 4.06. The summed E-state index contributed by atoms with van der Waals surface area (Å²) in [6.45, 7) is 2.18. The zero-order valence-corrected chi connectivity index (χ0v) is 15.1. The van der Waals surface area contributed by atoms with Crippen LogP contribution in [0, 0.1) is 5.92 Å². The van der Waals surface area contributed by atoms with Crippen molar-refractivity contribution in [2.45, 2.75) is 38.3 Å². The van der Waals surface area contributed by atoms with Crippen molar-refractivity contribution < 1.29 is 9.59 Å². The van der Waals surface area contributed by atoms with Gasteiger partial charge in [-0.3, -0.25) is 4.79 Å². The highest BCUT2D eigenvalue weighted by atomic mass is 16.2. The van der Waals surface area contributed by atoms with E-state index in [9.17, 15) is 9.59 Å². The molecule has 6 heteroatoms. The molecule has 136 valence electrons. The lowest BCUT2D eigenvalue weighted by Gasteiger charge is -2.30. The number of hydrogen-bond acceptors (Lipinski definition) is 3. The highest BCUT2D eigenvalue weighted by Gasteiger charge is 2.28. The minimum absolute atomic E-state index is 0.00787. The quantitative estimate of drug-likeness (QED) is 0.862. The summed E-state index contributed by atoms with van der Waals surface area (Å²) in [6.07, 6.45) is 3.43. The molecule has 0 unspecified atom stereocenters. The van der Waals surface area contributed by atoms with Gasteiger partial charge >= 0.3 is 6.03 Å². The van der Waals surface area contributed by atoms with Crippen molar-refractivity contribution in [3.8, 4) is 0 Å². The third-order valence-corrected chi connectivity index (χ3v) is 5.43. The standard InChI is InChI=1S/C19H28N4O2/c1-20-18(24)14-7-9-16(10-8-14)21-19(25)23-12-11-22(2)17-6-4-3-5-15(17)13-23/h3-6,14,16H,7-13H2,1-2H3,(H,20,24)(H,21,25). The fourth-order valence-electron chi connectivity index (χ4n) is 3.84. The topological polar surface area (TPSA) is 64.7 Å². The van der Waals surface area contributed by atoms with Gasteiger partial charge in [0.2, 0.25) is 5.91 Å². The summed E-state index contributed by atoms with van der Waals surface area (Å²) in [5.41, 5.74) is 2.38. The molecule has 1 heterocycles. The maximum absolute atomic E-state index is 12.7. The van der Waals surface area contributed by atoms with Crippen molar-refractivity contribution in [2.75, 3.05) is 32.1 Å². The summed E-state index contributed by atoms with van der Waals surface area (Å²) in [7, 11) is 3.75. The van der Waals surface area contributed by atoms with Crippen LogP contribution in [-0.4, -0.2) is 50.1 Å². The van der Waals surface area contributed by atoms with Crippen LogP contribution in [0.2, 0.25) is 0 Å². The molecule has 0 bridgehead atoms. The molecule has 6 nitrogen and oxygen atoms in total. The third-order valence-electron chi connectivity index (χ3n) is 5.43. The molecule has 1 fully saturated rings. The van der Waals surface area contributed by atoms with E-state index in [4.69, 9.17) is 0 Å². The van der Waals surface area contributed by atoms with Crippen molar-refractivity contribution in [1.29, 1.82) is 0 Å². The second-order valence-corrected chi connectivity index (χ2v) is 7.08. The van der Waals surface area contributed by atoms with Crippen LogP contribution in [0.5, 0.6) is 0 Å². The number of carbonyl (C=O) groups is 2. The molecule has 2 aliphatic rings. The highest BCUT2D eigenvalue weighted by molar-refractivity contribution is 5.78. The van der Waals surface area contributed by atoms with E-state index in [-0.39, 0.29) is 23.9 Å². The Balaban J connectivity index is 1.56. The molecule has 1 aliphatic carbocycles. The van der Waals surface area contributed by atoms with E-state index >= 15 is 0 Å². The van der Waals surface area contributed by atoms with Crippen LogP contribution in [0.25, 0.3) is 0 Å². The zero-order valence-electron chi connectivity index (χ0n) is 15.1. The molecule has 1 aromatic carbocycles. The number of benzene rings is 1. The van der Waals surface area contributed by atoms with Gasteiger partial charge in [-0.15, -0.1) is 0 Å². The first kappa shape index (κ1) is 17.6. The number of carbonyl (C=O) groups excluding carboxylic acids is 2. The van der Waals surface area contributed by atoms with E-state index in [1.165, 1.54) is 11.3 Å². The van der Waals surface area contributed by atoms with Gasteiger partial charge in [0.25, 0.3) is 0 Å². The first-order valence-corrected chi connectivity index (χ1v) is 9.14. The minimum Gasteiger partial charge on any atom is -0.373 e. The Morgan fingerprint density at radius 3 is 2.52 bits per heavy atom. The molecule has 1 aliphatic heterocycles. The Bertz CT molecular complexity index is 626. The Morgan fingerprint density at radius 1 is 1.08 bits per heavy atom. The van der Waals surface area contributed by atoms with Gasteiger partial charge in [0.05, 0.1) is 0 Å². The Labute approximate surface area is 149 Å².